The highest BCUT2D eigenvalue weighted by Gasteiger charge is 2.03. The van der Waals surface area contributed by atoms with Crippen molar-refractivity contribution in [1.82, 2.24) is 9.88 Å². The molecule has 1 aromatic heterocycles. The summed E-state index contributed by atoms with van der Waals surface area (Å²) in [6, 6.07) is 7.80. The molecule has 0 spiro atoms. The van der Waals surface area contributed by atoms with Gasteiger partial charge in [0, 0.05) is 49.7 Å². The van der Waals surface area contributed by atoms with E-state index in [4.69, 9.17) is 10.5 Å². The lowest BCUT2D eigenvalue weighted by Crippen LogP contribution is -2.28. The van der Waals surface area contributed by atoms with Crippen LogP contribution >= 0.6 is 0 Å². The summed E-state index contributed by atoms with van der Waals surface area (Å²) in [6.07, 6.45) is 1.80. The van der Waals surface area contributed by atoms with Crippen LogP contribution in [0.3, 0.4) is 0 Å². The minimum absolute atomic E-state index is 0.737. The molecule has 20 heavy (non-hydrogen) atoms. The number of fused-ring (bicyclic) bond motifs is 1. The molecule has 0 amide bonds. The quantitative estimate of drug-likeness (QED) is 0.754. The van der Waals surface area contributed by atoms with E-state index in [0.717, 1.165) is 48.5 Å². The Labute approximate surface area is 119 Å². The maximum atomic E-state index is 5.78. The van der Waals surface area contributed by atoms with Gasteiger partial charge in [0.2, 0.25) is 0 Å². The molecule has 0 saturated heterocycles. The van der Waals surface area contributed by atoms with Gasteiger partial charge in [-0.05, 0) is 31.3 Å². The van der Waals surface area contributed by atoms with Crippen molar-refractivity contribution in [2.45, 2.75) is 0 Å². The number of nitrogens with two attached hydrogens (primary N) is 1. The van der Waals surface area contributed by atoms with Gasteiger partial charge in [0.25, 0.3) is 0 Å². The van der Waals surface area contributed by atoms with Crippen LogP contribution in [0.2, 0.25) is 0 Å². The third-order valence-electron chi connectivity index (χ3n) is 3.25. The summed E-state index contributed by atoms with van der Waals surface area (Å²) >= 11 is 0. The van der Waals surface area contributed by atoms with Gasteiger partial charge in [-0.1, -0.05) is 0 Å². The van der Waals surface area contributed by atoms with Crippen molar-refractivity contribution < 1.29 is 4.74 Å². The number of nitrogens with one attached hydrogen (secondary N) is 1. The molecule has 3 N–H and O–H groups in total. The number of rotatable bonds is 7. The molecular weight excluding hydrogens is 252 g/mol. The van der Waals surface area contributed by atoms with Crippen molar-refractivity contribution in [1.29, 1.82) is 0 Å². The molecule has 2 rings (SSSR count). The molecular formula is C15H22N4O. The largest absolute Gasteiger partial charge is 0.399 e. The van der Waals surface area contributed by atoms with Gasteiger partial charge in [0.1, 0.15) is 0 Å². The van der Waals surface area contributed by atoms with E-state index in [2.05, 4.69) is 22.2 Å². The zero-order chi connectivity index (χ0) is 14.4. The molecule has 1 aromatic carbocycles. The highest BCUT2D eigenvalue weighted by molar-refractivity contribution is 5.92. The van der Waals surface area contributed by atoms with Crippen LogP contribution in [0, 0.1) is 0 Å². The lowest BCUT2D eigenvalue weighted by molar-refractivity contribution is 0.163. The number of methoxy groups -OCH3 is 1. The van der Waals surface area contributed by atoms with Gasteiger partial charge < -0.3 is 20.7 Å². The molecule has 0 saturated carbocycles. The standard InChI is InChI=1S/C15H22N4O/c1-19(9-10-20-2)8-7-18-14-5-6-17-15-11-12(16)3-4-13(14)15/h3-6,11H,7-10,16H2,1-2H3,(H,17,18). The predicted molar refractivity (Wildman–Crippen MR) is 84.0 cm³/mol. The molecule has 0 fully saturated rings. The summed E-state index contributed by atoms with van der Waals surface area (Å²) in [6.45, 7) is 3.53. The summed E-state index contributed by atoms with van der Waals surface area (Å²) in [5, 5.41) is 4.55. The number of likely N-dealkylation sites (N-methyl/N-ethyl adjacent to an activating group) is 1. The van der Waals surface area contributed by atoms with Crippen molar-refractivity contribution in [3.05, 3.63) is 30.5 Å². The number of pyridine rings is 1. The first-order valence-electron chi connectivity index (χ1n) is 6.76. The van der Waals surface area contributed by atoms with Gasteiger partial charge in [0.15, 0.2) is 0 Å². The number of hydrogen-bond donors (Lipinski definition) is 2. The lowest BCUT2D eigenvalue weighted by Gasteiger charge is -2.17. The average molecular weight is 274 g/mol. The molecule has 0 bridgehead atoms. The van der Waals surface area contributed by atoms with Crippen LogP contribution in [-0.4, -0.2) is 50.3 Å². The van der Waals surface area contributed by atoms with Crippen LogP contribution in [0.5, 0.6) is 0 Å². The fourth-order valence-electron chi connectivity index (χ4n) is 2.06. The second-order valence-electron chi connectivity index (χ2n) is 4.86. The Morgan fingerprint density at radius 3 is 2.95 bits per heavy atom. The van der Waals surface area contributed by atoms with Gasteiger partial charge in [-0.3, -0.25) is 4.98 Å². The summed E-state index contributed by atoms with van der Waals surface area (Å²) in [7, 11) is 3.81. The van der Waals surface area contributed by atoms with Gasteiger partial charge in [-0.25, -0.2) is 0 Å². The fraction of sp³-hybridized carbons (Fsp3) is 0.400. The maximum Gasteiger partial charge on any atom is 0.0743 e. The van der Waals surface area contributed by atoms with Crippen LogP contribution in [0.4, 0.5) is 11.4 Å². The zero-order valence-electron chi connectivity index (χ0n) is 12.1. The minimum Gasteiger partial charge on any atom is -0.399 e. The van der Waals surface area contributed by atoms with Crippen LogP contribution in [0.1, 0.15) is 0 Å². The van der Waals surface area contributed by atoms with Crippen LogP contribution in [0.15, 0.2) is 30.5 Å². The van der Waals surface area contributed by atoms with Crippen molar-refractivity contribution >= 4 is 22.3 Å². The van der Waals surface area contributed by atoms with Crippen molar-refractivity contribution in [3.8, 4) is 0 Å². The number of benzene rings is 1. The third-order valence-corrected chi connectivity index (χ3v) is 3.25. The Balaban J connectivity index is 1.96. The number of nitrogens with zero attached hydrogens (tertiary/aromatic N) is 2. The monoisotopic (exact) mass is 274 g/mol. The van der Waals surface area contributed by atoms with Crippen LogP contribution in [0.25, 0.3) is 10.9 Å². The molecule has 1 heterocycles. The van der Waals surface area contributed by atoms with E-state index < -0.39 is 0 Å². The normalized spacial score (nSPS) is 11.2. The first-order chi connectivity index (χ1) is 9.70. The van der Waals surface area contributed by atoms with Gasteiger partial charge in [-0.15, -0.1) is 0 Å². The molecule has 0 aliphatic carbocycles. The van der Waals surface area contributed by atoms with E-state index in [0.29, 0.717) is 0 Å². The number of hydrogen-bond acceptors (Lipinski definition) is 5. The van der Waals surface area contributed by atoms with E-state index >= 15 is 0 Å². The molecule has 0 aliphatic heterocycles. The summed E-state index contributed by atoms with van der Waals surface area (Å²) in [5.74, 6) is 0. The molecule has 0 radical (unpaired) electrons. The van der Waals surface area contributed by atoms with Gasteiger partial charge in [0.05, 0.1) is 12.1 Å². The number of aromatic nitrogens is 1. The zero-order valence-corrected chi connectivity index (χ0v) is 12.1. The fourth-order valence-corrected chi connectivity index (χ4v) is 2.06. The van der Waals surface area contributed by atoms with E-state index in [1.807, 2.05) is 24.3 Å². The first-order valence-corrected chi connectivity index (χ1v) is 6.76. The third kappa shape index (κ3) is 3.82. The molecule has 0 unspecified atom stereocenters. The summed E-state index contributed by atoms with van der Waals surface area (Å²) in [4.78, 5) is 6.57. The summed E-state index contributed by atoms with van der Waals surface area (Å²) < 4.78 is 5.06. The average Bonchev–Trinajstić information content (AvgIpc) is 2.45. The Bertz CT molecular complexity index is 559. The molecule has 5 nitrogen and oxygen atoms in total. The topological polar surface area (TPSA) is 63.4 Å². The molecule has 0 atom stereocenters. The predicted octanol–water partition coefficient (Wildman–Crippen LogP) is 1.81. The Hall–Kier alpha value is -1.85. The highest BCUT2D eigenvalue weighted by Crippen LogP contribution is 2.22. The minimum atomic E-state index is 0.737. The SMILES string of the molecule is COCCN(C)CCNc1ccnc2cc(N)ccc12. The Morgan fingerprint density at radius 1 is 1.30 bits per heavy atom. The molecule has 2 aromatic rings. The Kier molecular flexibility index (Phi) is 5.15. The maximum absolute atomic E-state index is 5.78. The smallest absolute Gasteiger partial charge is 0.0743 e. The van der Waals surface area contributed by atoms with Crippen LogP contribution < -0.4 is 11.1 Å². The second-order valence-corrected chi connectivity index (χ2v) is 4.86. The molecule has 0 aliphatic rings. The first kappa shape index (κ1) is 14.6. The lowest BCUT2D eigenvalue weighted by atomic mass is 10.1. The number of nitrogen functional groups attached to an aromatic ring is 1. The molecule has 5 heteroatoms. The molecule has 108 valence electrons. The van der Waals surface area contributed by atoms with Gasteiger partial charge >= 0.3 is 0 Å². The highest BCUT2D eigenvalue weighted by atomic mass is 16.5. The van der Waals surface area contributed by atoms with Crippen molar-refractivity contribution in [2.75, 3.05) is 51.4 Å². The summed E-state index contributed by atoms with van der Waals surface area (Å²) in [5.41, 5.74) is 8.53. The number of ether oxygens (including phenoxy) is 1. The Morgan fingerprint density at radius 2 is 2.15 bits per heavy atom. The van der Waals surface area contributed by atoms with Crippen molar-refractivity contribution in [2.24, 2.45) is 0 Å². The van der Waals surface area contributed by atoms with E-state index in [-0.39, 0.29) is 0 Å². The van der Waals surface area contributed by atoms with Crippen LogP contribution in [-0.2, 0) is 4.74 Å². The van der Waals surface area contributed by atoms with E-state index in [1.165, 1.54) is 0 Å². The van der Waals surface area contributed by atoms with E-state index in [9.17, 15) is 0 Å². The van der Waals surface area contributed by atoms with E-state index in [1.54, 1.807) is 13.3 Å². The number of anilines is 2. The van der Waals surface area contributed by atoms with Gasteiger partial charge in [-0.2, -0.15) is 0 Å². The van der Waals surface area contributed by atoms with Crippen molar-refractivity contribution in [3.63, 3.8) is 0 Å². The second kappa shape index (κ2) is 7.07.